The average molecular weight is 423 g/mol. The molecule has 0 aliphatic carbocycles. The molecule has 2 heterocycles. The van der Waals surface area contributed by atoms with Crippen molar-refractivity contribution in [3.63, 3.8) is 0 Å². The highest BCUT2D eigenvalue weighted by Gasteiger charge is 2.32. The van der Waals surface area contributed by atoms with Crippen LogP contribution in [0.2, 0.25) is 5.02 Å². The van der Waals surface area contributed by atoms with E-state index in [0.29, 0.717) is 38.2 Å². The summed E-state index contributed by atoms with van der Waals surface area (Å²) in [5.41, 5.74) is -1.43. The van der Waals surface area contributed by atoms with Gasteiger partial charge in [0.25, 0.3) is 0 Å². The first kappa shape index (κ1) is 22.6. The van der Waals surface area contributed by atoms with Gasteiger partial charge in [-0.25, -0.2) is 9.78 Å². The zero-order chi connectivity index (χ0) is 20.9. The maximum absolute atomic E-state index is 12.6. The van der Waals surface area contributed by atoms with Crippen molar-refractivity contribution in [2.24, 2.45) is 5.92 Å². The molecule has 1 atom stereocenters. The van der Waals surface area contributed by atoms with Crippen LogP contribution in [0.4, 0.5) is 18.0 Å². The number of carbonyl (C=O) groups is 1. The molecule has 1 aliphatic heterocycles. The van der Waals surface area contributed by atoms with E-state index in [1.54, 1.807) is 4.90 Å². The molecule has 158 valence electrons. The van der Waals surface area contributed by atoms with Crippen molar-refractivity contribution >= 4 is 17.7 Å². The van der Waals surface area contributed by atoms with E-state index in [-0.39, 0.29) is 17.0 Å². The van der Waals surface area contributed by atoms with Crippen LogP contribution in [0.25, 0.3) is 0 Å². The second kappa shape index (κ2) is 9.20. The maximum atomic E-state index is 12.6. The fourth-order valence-corrected chi connectivity index (χ4v) is 3.24. The van der Waals surface area contributed by atoms with Crippen molar-refractivity contribution < 1.29 is 27.4 Å². The van der Waals surface area contributed by atoms with Gasteiger partial charge in [0.2, 0.25) is 5.88 Å². The lowest BCUT2D eigenvalue weighted by molar-refractivity contribution is -0.137. The first-order chi connectivity index (χ1) is 13.0. The van der Waals surface area contributed by atoms with Crippen LogP contribution >= 0.6 is 11.6 Å². The van der Waals surface area contributed by atoms with E-state index in [9.17, 15) is 18.0 Å². The Morgan fingerprint density at radius 2 is 2.07 bits per heavy atom. The summed E-state index contributed by atoms with van der Waals surface area (Å²) < 4.78 is 48.7. The van der Waals surface area contributed by atoms with E-state index in [1.807, 2.05) is 20.8 Å². The smallest absolute Gasteiger partial charge is 0.417 e. The number of hydrogen-bond donors (Lipinski definition) is 0. The Balaban J connectivity index is 1.77. The number of hydrogen-bond acceptors (Lipinski definition) is 4. The molecule has 1 amide bonds. The number of alkyl halides is 3. The molecule has 1 aliphatic rings. The lowest BCUT2D eigenvalue weighted by Crippen LogP contribution is -2.42. The number of ether oxygens (including phenoxy) is 2. The molecular weight excluding hydrogens is 397 g/mol. The van der Waals surface area contributed by atoms with Crippen LogP contribution in [-0.2, 0) is 10.9 Å². The number of carbonyl (C=O) groups excluding carboxylic acids is 1. The summed E-state index contributed by atoms with van der Waals surface area (Å²) >= 11 is 5.82. The summed E-state index contributed by atoms with van der Waals surface area (Å²) in [4.78, 5) is 17.6. The minimum atomic E-state index is -4.49. The van der Waals surface area contributed by atoms with E-state index in [1.165, 1.54) is 0 Å². The van der Waals surface area contributed by atoms with Crippen molar-refractivity contribution in [1.29, 1.82) is 0 Å². The Morgan fingerprint density at radius 3 is 2.68 bits per heavy atom. The lowest BCUT2D eigenvalue weighted by atomic mass is 9.94. The summed E-state index contributed by atoms with van der Waals surface area (Å²) in [5.74, 6) is 0.328. The van der Waals surface area contributed by atoms with Crippen molar-refractivity contribution in [1.82, 2.24) is 9.88 Å². The number of aromatic nitrogens is 1. The summed E-state index contributed by atoms with van der Waals surface area (Å²) in [7, 11) is 0. The molecule has 0 saturated carbocycles. The highest BCUT2D eigenvalue weighted by Crippen LogP contribution is 2.33. The van der Waals surface area contributed by atoms with E-state index in [2.05, 4.69) is 4.98 Å². The van der Waals surface area contributed by atoms with Gasteiger partial charge in [0.1, 0.15) is 10.6 Å². The van der Waals surface area contributed by atoms with Crippen LogP contribution < -0.4 is 4.74 Å². The fraction of sp³-hybridized carbons (Fsp3) is 0.684. The third kappa shape index (κ3) is 7.04. The fourth-order valence-electron chi connectivity index (χ4n) is 3.02. The highest BCUT2D eigenvalue weighted by molar-refractivity contribution is 6.31. The molecule has 1 fully saturated rings. The molecule has 0 aromatic carbocycles. The van der Waals surface area contributed by atoms with Crippen LogP contribution in [0.3, 0.4) is 0 Å². The van der Waals surface area contributed by atoms with E-state index < -0.39 is 17.3 Å². The van der Waals surface area contributed by atoms with Crippen LogP contribution in [-0.4, -0.2) is 41.3 Å². The van der Waals surface area contributed by atoms with Gasteiger partial charge in [0.15, 0.2) is 0 Å². The van der Waals surface area contributed by atoms with Gasteiger partial charge in [-0.15, -0.1) is 0 Å². The van der Waals surface area contributed by atoms with Gasteiger partial charge in [-0.2, -0.15) is 13.2 Å². The highest BCUT2D eigenvalue weighted by atomic mass is 35.5. The van der Waals surface area contributed by atoms with Crippen molar-refractivity contribution in [3.05, 3.63) is 22.8 Å². The van der Waals surface area contributed by atoms with Gasteiger partial charge in [-0.05, 0) is 58.4 Å². The molecule has 0 N–H and O–H groups in total. The maximum Gasteiger partial charge on any atom is 0.417 e. The number of halogens is 4. The zero-order valence-corrected chi connectivity index (χ0v) is 17.1. The number of rotatable bonds is 5. The first-order valence-electron chi connectivity index (χ1n) is 9.29. The number of likely N-dealkylation sites (tertiary alicyclic amines) is 1. The number of pyridine rings is 1. The Hall–Kier alpha value is -1.70. The van der Waals surface area contributed by atoms with Gasteiger partial charge in [0, 0.05) is 19.3 Å². The van der Waals surface area contributed by atoms with Gasteiger partial charge >= 0.3 is 12.3 Å². The second-order valence-electron chi connectivity index (χ2n) is 7.93. The van der Waals surface area contributed by atoms with Crippen LogP contribution in [0.5, 0.6) is 5.88 Å². The van der Waals surface area contributed by atoms with E-state index >= 15 is 0 Å². The Morgan fingerprint density at radius 1 is 1.36 bits per heavy atom. The molecule has 1 saturated heterocycles. The number of amides is 1. The van der Waals surface area contributed by atoms with E-state index in [0.717, 1.165) is 25.3 Å². The largest absolute Gasteiger partial charge is 0.477 e. The van der Waals surface area contributed by atoms with Crippen LogP contribution in [0.15, 0.2) is 12.3 Å². The van der Waals surface area contributed by atoms with Crippen molar-refractivity contribution in [3.8, 4) is 5.88 Å². The quantitative estimate of drug-likeness (QED) is 0.583. The third-order valence-corrected chi connectivity index (χ3v) is 4.57. The SMILES string of the molecule is CC(C)(C)OC(=O)N1CCC[C@@H](CCCOc2ncc(C(F)(F)F)cc2Cl)C1. The van der Waals surface area contributed by atoms with Gasteiger partial charge in [-0.3, -0.25) is 0 Å². The van der Waals surface area contributed by atoms with Gasteiger partial charge in [-0.1, -0.05) is 11.6 Å². The number of piperidine rings is 1. The molecule has 1 aromatic heterocycles. The Bertz CT molecular complexity index is 677. The van der Waals surface area contributed by atoms with Gasteiger partial charge < -0.3 is 14.4 Å². The van der Waals surface area contributed by atoms with E-state index in [4.69, 9.17) is 21.1 Å². The topological polar surface area (TPSA) is 51.7 Å². The minimum absolute atomic E-state index is 0.00584. The first-order valence-corrected chi connectivity index (χ1v) is 9.67. The predicted octanol–water partition coefficient (Wildman–Crippen LogP) is 5.56. The van der Waals surface area contributed by atoms with Crippen LogP contribution in [0, 0.1) is 5.92 Å². The molecule has 0 spiro atoms. The second-order valence-corrected chi connectivity index (χ2v) is 8.34. The van der Waals surface area contributed by atoms with Gasteiger partial charge in [0.05, 0.1) is 12.2 Å². The Kier molecular flexibility index (Phi) is 7.42. The molecule has 2 rings (SSSR count). The average Bonchev–Trinajstić information content (AvgIpc) is 2.57. The van der Waals surface area contributed by atoms with Crippen molar-refractivity contribution in [2.45, 2.75) is 58.2 Å². The third-order valence-electron chi connectivity index (χ3n) is 4.30. The minimum Gasteiger partial charge on any atom is -0.477 e. The normalized spacial score (nSPS) is 18.1. The molecule has 28 heavy (non-hydrogen) atoms. The standard InChI is InChI=1S/C19H26ClF3N2O3/c1-18(2,3)28-17(26)25-8-4-6-13(12-25)7-5-9-27-16-15(20)10-14(11-24-16)19(21,22)23/h10-11,13H,4-9,12H2,1-3H3/t13-/m0/s1. The summed E-state index contributed by atoms with van der Waals surface area (Å²) in [6.07, 6.45) is -0.634. The molecule has 0 unspecified atom stereocenters. The van der Waals surface area contributed by atoms with Crippen LogP contribution in [0.1, 0.15) is 52.0 Å². The molecule has 9 heteroatoms. The molecular formula is C19H26ClF3N2O3. The monoisotopic (exact) mass is 422 g/mol. The molecule has 5 nitrogen and oxygen atoms in total. The summed E-state index contributed by atoms with van der Waals surface area (Å²) in [6, 6.07) is 0.809. The molecule has 0 radical (unpaired) electrons. The molecule has 1 aromatic rings. The molecule has 0 bridgehead atoms. The van der Waals surface area contributed by atoms with Crippen molar-refractivity contribution in [2.75, 3.05) is 19.7 Å². The Labute approximate surface area is 168 Å². The summed E-state index contributed by atoms with van der Waals surface area (Å²) in [5, 5.41) is -0.163. The zero-order valence-electron chi connectivity index (χ0n) is 16.3. The predicted molar refractivity (Wildman–Crippen MR) is 99.5 cm³/mol. The number of nitrogens with zero attached hydrogens (tertiary/aromatic N) is 2. The lowest BCUT2D eigenvalue weighted by Gasteiger charge is -2.34. The summed E-state index contributed by atoms with van der Waals surface area (Å²) in [6.45, 7) is 7.13.